The molecule has 0 aromatic heterocycles. The van der Waals surface area contributed by atoms with Crippen LogP contribution in [0.4, 0.5) is 0 Å². The van der Waals surface area contributed by atoms with Crippen molar-refractivity contribution in [3.8, 4) is 0 Å². The fourth-order valence-corrected chi connectivity index (χ4v) is 3.28. The summed E-state index contributed by atoms with van der Waals surface area (Å²) in [6.45, 7) is 6.46. The van der Waals surface area contributed by atoms with E-state index in [-0.39, 0.29) is 12.8 Å². The van der Waals surface area contributed by atoms with E-state index in [4.69, 9.17) is 4.74 Å². The van der Waals surface area contributed by atoms with Crippen LogP contribution < -0.4 is 0 Å². The molecule has 20 heavy (non-hydrogen) atoms. The van der Waals surface area contributed by atoms with Crippen molar-refractivity contribution >= 4 is 17.9 Å². The summed E-state index contributed by atoms with van der Waals surface area (Å²) in [6.07, 6.45) is 2.17. The van der Waals surface area contributed by atoms with Gasteiger partial charge in [0.15, 0.2) is 0 Å². The molecule has 0 aliphatic heterocycles. The minimum absolute atomic E-state index is 0.0728. The van der Waals surface area contributed by atoms with Gasteiger partial charge in [0, 0.05) is 12.0 Å². The monoisotopic (exact) mass is 284 g/mol. The fourth-order valence-electron chi connectivity index (χ4n) is 3.28. The second-order valence-electron chi connectivity index (χ2n) is 5.20. The minimum Gasteiger partial charge on any atom is -0.481 e. The van der Waals surface area contributed by atoms with Gasteiger partial charge < -0.3 is 14.9 Å². The van der Waals surface area contributed by atoms with Crippen LogP contribution in [-0.4, -0.2) is 33.7 Å². The molecule has 2 N–H and O–H groups in total. The molecule has 3 atom stereocenters. The third kappa shape index (κ3) is 2.09. The van der Waals surface area contributed by atoms with E-state index in [0.717, 1.165) is 6.08 Å². The molecule has 0 spiro atoms. The van der Waals surface area contributed by atoms with Crippen LogP contribution in [0, 0.1) is 11.3 Å². The van der Waals surface area contributed by atoms with Gasteiger partial charge in [-0.15, -0.1) is 0 Å². The van der Waals surface area contributed by atoms with E-state index in [9.17, 15) is 24.6 Å². The summed E-state index contributed by atoms with van der Waals surface area (Å²) in [4.78, 5) is 35.2. The number of ether oxygens (including phenoxy) is 1. The molecular formula is C14H20O6. The van der Waals surface area contributed by atoms with Crippen molar-refractivity contribution in [1.29, 1.82) is 0 Å². The number of carboxylic acids is 2. The van der Waals surface area contributed by atoms with E-state index < -0.39 is 34.8 Å². The Labute approximate surface area is 117 Å². The summed E-state index contributed by atoms with van der Waals surface area (Å²) in [5.74, 6) is -4.16. The summed E-state index contributed by atoms with van der Waals surface area (Å²) in [6, 6.07) is 0. The first-order chi connectivity index (χ1) is 9.28. The average molecular weight is 284 g/mol. The van der Waals surface area contributed by atoms with Crippen molar-refractivity contribution in [1.82, 2.24) is 0 Å². The Bertz CT molecular complexity index is 443. The molecule has 1 aliphatic rings. The quantitative estimate of drug-likeness (QED) is 0.590. The Kier molecular flexibility index (Phi) is 4.57. The van der Waals surface area contributed by atoms with Crippen molar-refractivity contribution in [3.05, 3.63) is 12.7 Å². The molecule has 0 saturated heterocycles. The maximum Gasteiger partial charge on any atom is 0.349 e. The Balaban J connectivity index is 3.51. The largest absolute Gasteiger partial charge is 0.481 e. The van der Waals surface area contributed by atoms with Crippen LogP contribution in [0.2, 0.25) is 0 Å². The van der Waals surface area contributed by atoms with Gasteiger partial charge in [-0.25, -0.2) is 9.59 Å². The van der Waals surface area contributed by atoms with Gasteiger partial charge in [0.1, 0.15) is 5.41 Å². The van der Waals surface area contributed by atoms with E-state index in [2.05, 4.69) is 6.58 Å². The van der Waals surface area contributed by atoms with Gasteiger partial charge in [-0.2, -0.15) is 0 Å². The van der Waals surface area contributed by atoms with Gasteiger partial charge in [0.2, 0.25) is 5.60 Å². The number of hydrogen-bond donors (Lipinski definition) is 2. The van der Waals surface area contributed by atoms with Crippen molar-refractivity contribution in [2.75, 3.05) is 0 Å². The van der Waals surface area contributed by atoms with Crippen LogP contribution in [0.5, 0.6) is 0 Å². The van der Waals surface area contributed by atoms with Gasteiger partial charge >= 0.3 is 17.9 Å². The molecule has 112 valence electrons. The van der Waals surface area contributed by atoms with Crippen LogP contribution in [0.15, 0.2) is 12.7 Å². The van der Waals surface area contributed by atoms with Crippen molar-refractivity contribution < 1.29 is 29.3 Å². The van der Waals surface area contributed by atoms with E-state index in [1.807, 2.05) is 0 Å². The lowest BCUT2D eigenvalue weighted by Crippen LogP contribution is -2.65. The Morgan fingerprint density at radius 3 is 2.35 bits per heavy atom. The van der Waals surface area contributed by atoms with Gasteiger partial charge in [-0.1, -0.05) is 26.8 Å². The first-order valence-corrected chi connectivity index (χ1v) is 6.60. The normalized spacial score (nSPS) is 33.2. The molecule has 0 amide bonds. The predicted octanol–water partition coefficient (Wildman–Crippen LogP) is 1.84. The van der Waals surface area contributed by atoms with Gasteiger partial charge in [-0.3, -0.25) is 4.79 Å². The zero-order valence-electron chi connectivity index (χ0n) is 11.7. The molecule has 1 aliphatic carbocycles. The lowest BCUT2D eigenvalue weighted by atomic mass is 9.57. The number of aliphatic carboxylic acids is 2. The van der Waals surface area contributed by atoms with Crippen molar-refractivity contribution in [3.63, 3.8) is 0 Å². The highest BCUT2D eigenvalue weighted by Crippen LogP contribution is 2.52. The predicted molar refractivity (Wildman–Crippen MR) is 70.0 cm³/mol. The SMILES string of the molecule is C=CC(=O)OC1(C(=O)O)C(C)CCCC1(CC)C(=O)O. The number of carboxylic acid groups (broad SMARTS) is 2. The van der Waals surface area contributed by atoms with E-state index in [0.29, 0.717) is 12.8 Å². The van der Waals surface area contributed by atoms with E-state index >= 15 is 0 Å². The molecule has 1 rings (SSSR count). The first kappa shape index (κ1) is 16.2. The smallest absolute Gasteiger partial charge is 0.349 e. The molecule has 1 saturated carbocycles. The van der Waals surface area contributed by atoms with Gasteiger partial charge in [-0.05, 0) is 19.3 Å². The van der Waals surface area contributed by atoms with Crippen LogP contribution >= 0.6 is 0 Å². The number of esters is 1. The number of carbonyl (C=O) groups is 3. The summed E-state index contributed by atoms with van der Waals surface area (Å²) in [5.41, 5.74) is -3.67. The third-order valence-corrected chi connectivity index (χ3v) is 4.40. The molecule has 0 aromatic rings. The summed E-state index contributed by atoms with van der Waals surface area (Å²) in [5, 5.41) is 19.2. The van der Waals surface area contributed by atoms with Crippen LogP contribution in [0.3, 0.4) is 0 Å². The second kappa shape index (κ2) is 5.64. The number of hydrogen-bond acceptors (Lipinski definition) is 4. The van der Waals surface area contributed by atoms with E-state index in [1.54, 1.807) is 13.8 Å². The molecule has 0 aromatic carbocycles. The second-order valence-corrected chi connectivity index (χ2v) is 5.20. The lowest BCUT2D eigenvalue weighted by molar-refractivity contribution is -0.219. The highest BCUT2D eigenvalue weighted by molar-refractivity contribution is 5.93. The topological polar surface area (TPSA) is 101 Å². The summed E-state index contributed by atoms with van der Waals surface area (Å²) >= 11 is 0. The summed E-state index contributed by atoms with van der Waals surface area (Å²) < 4.78 is 5.13. The lowest BCUT2D eigenvalue weighted by Gasteiger charge is -2.50. The zero-order valence-corrected chi connectivity index (χ0v) is 11.7. The molecule has 3 unspecified atom stereocenters. The van der Waals surface area contributed by atoms with Crippen LogP contribution in [-0.2, 0) is 19.1 Å². The van der Waals surface area contributed by atoms with Crippen LogP contribution in [0.1, 0.15) is 39.5 Å². The molecule has 0 bridgehead atoms. The Hall–Kier alpha value is -1.85. The molecule has 6 nitrogen and oxygen atoms in total. The van der Waals surface area contributed by atoms with Gasteiger partial charge in [0.25, 0.3) is 0 Å². The van der Waals surface area contributed by atoms with Crippen molar-refractivity contribution in [2.24, 2.45) is 11.3 Å². The summed E-state index contributed by atoms with van der Waals surface area (Å²) in [7, 11) is 0. The van der Waals surface area contributed by atoms with Crippen LogP contribution in [0.25, 0.3) is 0 Å². The van der Waals surface area contributed by atoms with Gasteiger partial charge in [0.05, 0.1) is 0 Å². The number of carbonyl (C=O) groups excluding carboxylic acids is 1. The highest BCUT2D eigenvalue weighted by atomic mass is 16.6. The maximum absolute atomic E-state index is 11.8. The third-order valence-electron chi connectivity index (χ3n) is 4.40. The van der Waals surface area contributed by atoms with Crippen molar-refractivity contribution in [2.45, 2.75) is 45.1 Å². The molecule has 1 fully saturated rings. The molecular weight excluding hydrogens is 264 g/mol. The average Bonchev–Trinajstić information content (AvgIpc) is 2.40. The Morgan fingerprint density at radius 1 is 1.35 bits per heavy atom. The van der Waals surface area contributed by atoms with E-state index in [1.165, 1.54) is 0 Å². The molecule has 0 heterocycles. The highest BCUT2D eigenvalue weighted by Gasteiger charge is 2.67. The molecule has 6 heteroatoms. The zero-order chi connectivity index (χ0) is 15.6. The number of rotatable bonds is 5. The first-order valence-electron chi connectivity index (χ1n) is 6.60. The fraction of sp³-hybridized carbons (Fsp3) is 0.643. The maximum atomic E-state index is 11.8. The Morgan fingerprint density at radius 2 is 1.95 bits per heavy atom. The molecule has 0 radical (unpaired) electrons. The standard InChI is InChI=1S/C14H20O6/c1-4-10(15)20-14(12(18)19)9(3)7-6-8-13(14,5-2)11(16)17/h4,9H,1,5-8H2,2-3H3,(H,16,17)(H,18,19). The minimum atomic E-state index is -2.06.